The highest BCUT2D eigenvalue weighted by Crippen LogP contribution is 2.44. The minimum atomic E-state index is 0.303. The van der Waals surface area contributed by atoms with E-state index >= 15 is 0 Å². The molecule has 0 heterocycles. The first kappa shape index (κ1) is 10.1. The molecule has 1 saturated carbocycles. The summed E-state index contributed by atoms with van der Waals surface area (Å²) in [6, 6.07) is 8.26. The molecule has 2 unspecified atom stereocenters. The summed E-state index contributed by atoms with van der Waals surface area (Å²) in [5, 5.41) is 0. The van der Waals surface area contributed by atoms with Gasteiger partial charge in [-0.2, -0.15) is 0 Å². The van der Waals surface area contributed by atoms with Gasteiger partial charge in [-0.1, -0.05) is 49.9 Å². The molecule has 2 atom stereocenters. The van der Waals surface area contributed by atoms with Crippen LogP contribution in [0.4, 0.5) is 0 Å². The van der Waals surface area contributed by atoms with Gasteiger partial charge >= 0.3 is 0 Å². The molecule has 1 nitrogen and oxygen atoms in total. The zero-order chi connectivity index (χ0) is 11.0. The number of hydrogen-bond acceptors (Lipinski definition) is 1. The molecule has 2 aliphatic rings. The second kappa shape index (κ2) is 4.04. The first-order chi connectivity index (χ1) is 7.88. The van der Waals surface area contributed by atoms with Crippen LogP contribution < -0.4 is 0 Å². The van der Waals surface area contributed by atoms with E-state index in [9.17, 15) is 4.79 Å². The highest BCUT2D eigenvalue weighted by Gasteiger charge is 2.38. The van der Waals surface area contributed by atoms with Gasteiger partial charge in [0.05, 0.1) is 0 Å². The van der Waals surface area contributed by atoms with Gasteiger partial charge in [-0.05, 0) is 24.3 Å². The number of ketones is 1. The lowest BCUT2D eigenvalue weighted by atomic mass is 9.82. The summed E-state index contributed by atoms with van der Waals surface area (Å²) in [5.41, 5.74) is 2.35. The molecule has 1 aromatic carbocycles. The molecule has 1 aromatic rings. The van der Waals surface area contributed by atoms with Crippen molar-refractivity contribution in [3.8, 4) is 0 Å². The van der Waals surface area contributed by atoms with E-state index < -0.39 is 0 Å². The molecule has 1 heteroatoms. The summed E-state index contributed by atoms with van der Waals surface area (Å²) < 4.78 is 0. The third kappa shape index (κ3) is 1.50. The molecule has 0 amide bonds. The molecule has 0 aromatic heterocycles. The van der Waals surface area contributed by atoms with Crippen molar-refractivity contribution in [1.82, 2.24) is 0 Å². The van der Waals surface area contributed by atoms with Crippen LogP contribution in [0.15, 0.2) is 24.3 Å². The lowest BCUT2D eigenvalue weighted by molar-refractivity contribution is 0.0907. The van der Waals surface area contributed by atoms with Gasteiger partial charge < -0.3 is 0 Å². The molecule has 3 rings (SSSR count). The van der Waals surface area contributed by atoms with Gasteiger partial charge in [0, 0.05) is 11.5 Å². The fourth-order valence-corrected chi connectivity index (χ4v) is 3.41. The molecule has 1 fully saturated rings. The standard InChI is InChI=1S/C15H18O/c16-15-13-9-4-2-1-3-7-11(13)12-8-5-6-10-14(12)15/h5-6,8,10-11,13H,1-4,7,9H2. The van der Waals surface area contributed by atoms with Crippen molar-refractivity contribution in [2.75, 3.05) is 0 Å². The second-order valence-electron chi connectivity index (χ2n) is 5.16. The quantitative estimate of drug-likeness (QED) is 0.639. The number of benzene rings is 1. The van der Waals surface area contributed by atoms with Crippen molar-refractivity contribution in [2.45, 2.75) is 44.4 Å². The fraction of sp³-hybridized carbons (Fsp3) is 0.533. The van der Waals surface area contributed by atoms with Crippen molar-refractivity contribution < 1.29 is 4.79 Å². The molecule has 2 aliphatic carbocycles. The average molecular weight is 214 g/mol. The molecule has 0 spiro atoms. The topological polar surface area (TPSA) is 17.1 Å². The van der Waals surface area contributed by atoms with Crippen LogP contribution >= 0.6 is 0 Å². The van der Waals surface area contributed by atoms with Crippen LogP contribution in [0.5, 0.6) is 0 Å². The Bertz CT molecular complexity index is 408. The lowest BCUT2D eigenvalue weighted by Crippen LogP contribution is -2.15. The van der Waals surface area contributed by atoms with Crippen LogP contribution in [0.3, 0.4) is 0 Å². The summed E-state index contributed by atoms with van der Waals surface area (Å²) in [5.74, 6) is 1.25. The third-order valence-corrected chi connectivity index (χ3v) is 4.23. The van der Waals surface area contributed by atoms with E-state index in [4.69, 9.17) is 0 Å². The molecule has 0 radical (unpaired) electrons. The van der Waals surface area contributed by atoms with Crippen LogP contribution in [0.2, 0.25) is 0 Å². The van der Waals surface area contributed by atoms with E-state index in [1.807, 2.05) is 12.1 Å². The van der Waals surface area contributed by atoms with Gasteiger partial charge in [0.1, 0.15) is 0 Å². The molecule has 84 valence electrons. The summed E-state index contributed by atoms with van der Waals surface area (Å²) in [7, 11) is 0. The van der Waals surface area contributed by atoms with Gasteiger partial charge in [-0.25, -0.2) is 0 Å². The highest BCUT2D eigenvalue weighted by atomic mass is 16.1. The minimum Gasteiger partial charge on any atom is -0.294 e. The molecule has 16 heavy (non-hydrogen) atoms. The number of Topliss-reactive ketones (excluding diaryl/α,β-unsaturated/α-hetero) is 1. The van der Waals surface area contributed by atoms with Gasteiger partial charge in [0.2, 0.25) is 0 Å². The fourth-order valence-electron chi connectivity index (χ4n) is 3.41. The maximum Gasteiger partial charge on any atom is 0.166 e. The lowest BCUT2D eigenvalue weighted by Gasteiger charge is -2.21. The van der Waals surface area contributed by atoms with Crippen molar-refractivity contribution in [2.24, 2.45) is 5.92 Å². The third-order valence-electron chi connectivity index (χ3n) is 4.23. The van der Waals surface area contributed by atoms with Crippen LogP contribution in [-0.4, -0.2) is 5.78 Å². The Labute approximate surface area is 96.9 Å². The molecule has 0 saturated heterocycles. The van der Waals surface area contributed by atoms with Crippen molar-refractivity contribution in [3.05, 3.63) is 35.4 Å². The second-order valence-corrected chi connectivity index (χ2v) is 5.16. The monoisotopic (exact) mass is 214 g/mol. The Morgan fingerprint density at radius 2 is 1.56 bits per heavy atom. The van der Waals surface area contributed by atoms with E-state index in [-0.39, 0.29) is 0 Å². The van der Waals surface area contributed by atoms with Gasteiger partial charge in [0.25, 0.3) is 0 Å². The van der Waals surface area contributed by atoms with Crippen LogP contribution in [0.25, 0.3) is 0 Å². The van der Waals surface area contributed by atoms with Crippen LogP contribution in [0.1, 0.15) is 60.4 Å². The first-order valence-electron chi connectivity index (χ1n) is 6.51. The van der Waals surface area contributed by atoms with E-state index in [2.05, 4.69) is 12.1 Å². The van der Waals surface area contributed by atoms with E-state index in [1.54, 1.807) is 0 Å². The first-order valence-corrected chi connectivity index (χ1v) is 6.51. The maximum atomic E-state index is 12.3. The number of rotatable bonds is 0. The minimum absolute atomic E-state index is 0.303. The smallest absolute Gasteiger partial charge is 0.166 e. The summed E-state index contributed by atoms with van der Waals surface area (Å²) >= 11 is 0. The highest BCUT2D eigenvalue weighted by molar-refractivity contribution is 6.03. The molecule has 0 bridgehead atoms. The normalized spacial score (nSPS) is 29.1. The van der Waals surface area contributed by atoms with E-state index in [0.29, 0.717) is 17.6 Å². The number of hydrogen-bond donors (Lipinski definition) is 0. The Hall–Kier alpha value is -1.11. The molecule has 0 N–H and O–H groups in total. The van der Waals surface area contributed by atoms with Gasteiger partial charge in [-0.15, -0.1) is 0 Å². The maximum absolute atomic E-state index is 12.3. The largest absolute Gasteiger partial charge is 0.294 e. The predicted molar refractivity (Wildman–Crippen MR) is 64.7 cm³/mol. The Morgan fingerprint density at radius 3 is 2.38 bits per heavy atom. The summed E-state index contributed by atoms with van der Waals surface area (Å²) in [6.45, 7) is 0. The zero-order valence-corrected chi connectivity index (χ0v) is 9.61. The Morgan fingerprint density at radius 1 is 0.875 bits per heavy atom. The van der Waals surface area contributed by atoms with Crippen LogP contribution in [0, 0.1) is 5.92 Å². The predicted octanol–water partition coefficient (Wildman–Crippen LogP) is 3.94. The van der Waals surface area contributed by atoms with Gasteiger partial charge in [0.15, 0.2) is 5.78 Å². The summed E-state index contributed by atoms with van der Waals surface area (Å²) in [6.07, 6.45) is 7.52. The average Bonchev–Trinajstić information content (AvgIpc) is 2.52. The van der Waals surface area contributed by atoms with Crippen molar-refractivity contribution >= 4 is 5.78 Å². The zero-order valence-electron chi connectivity index (χ0n) is 9.61. The van der Waals surface area contributed by atoms with Crippen molar-refractivity contribution in [1.29, 1.82) is 0 Å². The number of carbonyl (C=O) groups is 1. The molecular formula is C15H18O. The van der Waals surface area contributed by atoms with E-state index in [0.717, 1.165) is 12.0 Å². The van der Waals surface area contributed by atoms with Gasteiger partial charge in [-0.3, -0.25) is 4.79 Å². The molecule has 0 aliphatic heterocycles. The van der Waals surface area contributed by atoms with Crippen LogP contribution in [-0.2, 0) is 0 Å². The Kier molecular flexibility index (Phi) is 2.55. The SMILES string of the molecule is O=C1c2ccccc2C2CCCCCCC12. The Balaban J connectivity index is 1.99. The van der Waals surface area contributed by atoms with Crippen molar-refractivity contribution in [3.63, 3.8) is 0 Å². The van der Waals surface area contributed by atoms with E-state index in [1.165, 1.54) is 37.7 Å². The summed E-state index contributed by atoms with van der Waals surface area (Å²) in [4.78, 5) is 12.3. The number of carbonyl (C=O) groups excluding carboxylic acids is 1. The number of fused-ring (bicyclic) bond motifs is 3. The molecular weight excluding hydrogens is 196 g/mol.